The summed E-state index contributed by atoms with van der Waals surface area (Å²) in [5.41, 5.74) is 0.584. The molecule has 0 radical (unpaired) electrons. The molecule has 0 aromatic rings. The second kappa shape index (κ2) is 5.85. The maximum Gasteiger partial charge on any atom is 0.215 e. The molecule has 0 aliphatic rings. The van der Waals surface area contributed by atoms with Crippen molar-refractivity contribution in [3.8, 4) is 0 Å². The normalized spacial score (nSPS) is 10.5. The molecule has 0 fully saturated rings. The summed E-state index contributed by atoms with van der Waals surface area (Å²) in [6.45, 7) is 8.17. The van der Waals surface area contributed by atoms with Gasteiger partial charge in [0.1, 0.15) is 6.61 Å². The Balaban J connectivity index is 0. The van der Waals surface area contributed by atoms with Crippen molar-refractivity contribution in [3.05, 3.63) is 12.2 Å². The summed E-state index contributed by atoms with van der Waals surface area (Å²) in [6.07, 6.45) is 0. The Morgan fingerprint density at radius 3 is 2.23 bits per heavy atom. The predicted molar refractivity (Wildman–Crippen MR) is 50.4 cm³/mol. The van der Waals surface area contributed by atoms with Crippen molar-refractivity contribution in [2.45, 2.75) is 13.8 Å². The molecule has 4 nitrogen and oxygen atoms in total. The largest absolute Gasteiger partial charge is 0.870 e. The van der Waals surface area contributed by atoms with E-state index in [0.29, 0.717) is 18.7 Å². The fourth-order valence-electron chi connectivity index (χ4n) is 0.876. The molecule has 0 atom stereocenters. The minimum atomic E-state index is 0. The second-order valence-electron chi connectivity index (χ2n) is 3.35. The van der Waals surface area contributed by atoms with Crippen LogP contribution in [0.15, 0.2) is 12.2 Å². The van der Waals surface area contributed by atoms with E-state index in [-0.39, 0.29) is 15.9 Å². The van der Waals surface area contributed by atoms with E-state index in [1.807, 2.05) is 21.0 Å². The molecule has 78 valence electrons. The maximum absolute atomic E-state index is 11.2. The molecular weight excluding hydrogens is 170 g/mol. The van der Waals surface area contributed by atoms with Crippen LogP contribution in [0.4, 0.5) is 0 Å². The molecule has 0 aliphatic carbocycles. The number of likely N-dealkylation sites (N-methyl/N-ethyl adjacent to an activating group) is 1. The number of nitrogens with zero attached hydrogens (tertiary/aromatic N) is 1. The van der Waals surface area contributed by atoms with Gasteiger partial charge in [-0.15, -0.1) is 0 Å². The van der Waals surface area contributed by atoms with Crippen molar-refractivity contribution in [2.75, 3.05) is 27.2 Å². The lowest BCUT2D eigenvalue weighted by atomic mass is 10.2. The Bertz CT molecular complexity index is 187. The summed E-state index contributed by atoms with van der Waals surface area (Å²) in [5, 5.41) is 0. The molecule has 0 rings (SSSR count). The number of hydrogen-bond acceptors (Lipinski definition) is 3. The van der Waals surface area contributed by atoms with Gasteiger partial charge < -0.3 is 5.48 Å². The van der Waals surface area contributed by atoms with Crippen molar-refractivity contribution >= 4 is 5.78 Å². The summed E-state index contributed by atoms with van der Waals surface area (Å²) in [4.78, 5) is 16.6. The Morgan fingerprint density at radius 2 is 1.92 bits per heavy atom. The van der Waals surface area contributed by atoms with Crippen molar-refractivity contribution in [3.63, 3.8) is 0 Å². The molecule has 0 amide bonds. The molecule has 0 aliphatic heterocycles. The van der Waals surface area contributed by atoms with Gasteiger partial charge in [0, 0.05) is 0 Å². The van der Waals surface area contributed by atoms with E-state index in [1.165, 1.54) is 0 Å². The Hall–Kier alpha value is -0.710. The zero-order chi connectivity index (χ0) is 9.78. The van der Waals surface area contributed by atoms with Crippen LogP contribution in [0.2, 0.25) is 0 Å². The van der Waals surface area contributed by atoms with Gasteiger partial charge in [-0.3, -0.25) is 4.79 Å². The third kappa shape index (κ3) is 6.45. The fourth-order valence-corrected chi connectivity index (χ4v) is 0.876. The molecule has 0 aromatic heterocycles. The quantitative estimate of drug-likeness (QED) is 0.368. The highest BCUT2D eigenvalue weighted by Gasteiger charge is 2.21. The van der Waals surface area contributed by atoms with Gasteiger partial charge in [0.15, 0.2) is 6.54 Å². The van der Waals surface area contributed by atoms with Crippen LogP contribution < -0.4 is 0 Å². The standard InChI is InChI=1S/C9H18NO2.H2O/c1-6-12-10(4,5)7-9(11)8(2)3;/h2,6-7H2,1,3-5H3;1H2/q+1;/p-1. The maximum atomic E-state index is 11.2. The minimum Gasteiger partial charge on any atom is -0.870 e. The number of Topliss-reactive ketones (excluding diaryl/α,β-unsaturated/α-hetero) is 1. The van der Waals surface area contributed by atoms with Crippen LogP contribution in [0.5, 0.6) is 0 Å². The monoisotopic (exact) mass is 189 g/mol. The number of quaternary nitrogens is 1. The van der Waals surface area contributed by atoms with Gasteiger partial charge in [0.25, 0.3) is 0 Å². The summed E-state index contributed by atoms with van der Waals surface area (Å²) < 4.78 is 0.266. The van der Waals surface area contributed by atoms with E-state index in [1.54, 1.807) is 6.92 Å². The number of carbonyl (C=O) groups is 1. The number of rotatable bonds is 5. The molecule has 4 heteroatoms. The molecule has 0 bridgehead atoms. The topological polar surface area (TPSA) is 56.3 Å². The van der Waals surface area contributed by atoms with Gasteiger partial charge in [-0.25, -0.2) is 4.84 Å². The number of hydrogen-bond donors (Lipinski definition) is 0. The van der Waals surface area contributed by atoms with Crippen LogP contribution in [0.25, 0.3) is 0 Å². The molecule has 0 saturated carbocycles. The fraction of sp³-hybridized carbons (Fsp3) is 0.667. The average Bonchev–Trinajstić information content (AvgIpc) is 1.85. The highest BCUT2D eigenvalue weighted by Crippen LogP contribution is 2.01. The molecule has 0 heterocycles. The van der Waals surface area contributed by atoms with Gasteiger partial charge in [-0.05, 0) is 19.4 Å². The summed E-state index contributed by atoms with van der Waals surface area (Å²) >= 11 is 0. The highest BCUT2D eigenvalue weighted by molar-refractivity contribution is 5.94. The zero-order valence-electron chi connectivity index (χ0n) is 8.83. The van der Waals surface area contributed by atoms with Gasteiger partial charge in [0.05, 0.1) is 14.1 Å². The summed E-state index contributed by atoms with van der Waals surface area (Å²) in [7, 11) is 3.70. The first-order valence-electron chi connectivity index (χ1n) is 4.05. The Morgan fingerprint density at radius 1 is 1.46 bits per heavy atom. The minimum absolute atomic E-state index is 0. The molecule has 0 spiro atoms. The lowest BCUT2D eigenvalue weighted by Crippen LogP contribution is -2.43. The van der Waals surface area contributed by atoms with Crippen LogP contribution in [0.1, 0.15) is 13.8 Å². The molecule has 1 N–H and O–H groups in total. The average molecular weight is 189 g/mol. The molecular formula is C9H19NO3. The number of carbonyl (C=O) groups excluding carboxylic acids is 1. The van der Waals surface area contributed by atoms with Crippen molar-refractivity contribution in [2.24, 2.45) is 0 Å². The first-order valence-corrected chi connectivity index (χ1v) is 4.05. The first-order chi connectivity index (χ1) is 5.39. The SMILES string of the molecule is C=C(C)C(=O)C[N+](C)(C)OCC.[OH-]. The van der Waals surface area contributed by atoms with Crippen LogP contribution in [-0.4, -0.2) is 43.2 Å². The van der Waals surface area contributed by atoms with Crippen LogP contribution in [-0.2, 0) is 9.63 Å². The van der Waals surface area contributed by atoms with Crippen molar-refractivity contribution < 1.29 is 19.8 Å². The third-order valence-electron chi connectivity index (χ3n) is 1.48. The first kappa shape index (κ1) is 14.8. The van der Waals surface area contributed by atoms with Gasteiger partial charge in [-0.1, -0.05) is 6.58 Å². The van der Waals surface area contributed by atoms with E-state index in [2.05, 4.69) is 6.58 Å². The predicted octanol–water partition coefficient (Wildman–Crippen LogP) is 0.983. The smallest absolute Gasteiger partial charge is 0.215 e. The molecule has 13 heavy (non-hydrogen) atoms. The van der Waals surface area contributed by atoms with Crippen molar-refractivity contribution in [1.82, 2.24) is 0 Å². The third-order valence-corrected chi connectivity index (χ3v) is 1.48. The van der Waals surface area contributed by atoms with Crippen LogP contribution in [0.3, 0.4) is 0 Å². The summed E-state index contributed by atoms with van der Waals surface area (Å²) in [6, 6.07) is 0. The van der Waals surface area contributed by atoms with Crippen LogP contribution >= 0.6 is 0 Å². The number of hydroxylamine groups is 3. The Labute approximate surface area is 79.6 Å². The van der Waals surface area contributed by atoms with Crippen molar-refractivity contribution in [1.29, 1.82) is 0 Å². The van der Waals surface area contributed by atoms with E-state index in [0.717, 1.165) is 0 Å². The molecule has 0 saturated heterocycles. The van der Waals surface area contributed by atoms with Gasteiger partial charge in [0.2, 0.25) is 5.78 Å². The molecule has 0 aromatic carbocycles. The Kier molecular flexibility index (Phi) is 6.66. The highest BCUT2D eigenvalue weighted by atomic mass is 16.7. The van der Waals surface area contributed by atoms with E-state index in [4.69, 9.17) is 4.84 Å². The molecule has 0 unspecified atom stereocenters. The second-order valence-corrected chi connectivity index (χ2v) is 3.35. The van der Waals surface area contributed by atoms with Crippen LogP contribution in [0, 0.1) is 0 Å². The summed E-state index contributed by atoms with van der Waals surface area (Å²) in [5.74, 6) is 0.0495. The lowest BCUT2D eigenvalue weighted by Gasteiger charge is -2.25. The van der Waals surface area contributed by atoms with E-state index >= 15 is 0 Å². The van der Waals surface area contributed by atoms with E-state index < -0.39 is 0 Å². The van der Waals surface area contributed by atoms with Gasteiger partial charge >= 0.3 is 0 Å². The van der Waals surface area contributed by atoms with E-state index in [9.17, 15) is 4.79 Å². The zero-order valence-corrected chi connectivity index (χ0v) is 8.83. The van der Waals surface area contributed by atoms with Gasteiger partial charge in [-0.2, -0.15) is 4.65 Å². The number of ketones is 1. The lowest BCUT2D eigenvalue weighted by molar-refractivity contribution is -1.07.